The first kappa shape index (κ1) is 17.7. The molecule has 3 amide bonds. The predicted octanol–water partition coefficient (Wildman–Crippen LogP) is 0.214. The summed E-state index contributed by atoms with van der Waals surface area (Å²) >= 11 is 0. The van der Waals surface area contributed by atoms with E-state index >= 15 is 0 Å². The maximum Gasteiger partial charge on any atom is 0.253 e. The molecule has 6 nitrogen and oxygen atoms in total. The zero-order chi connectivity index (χ0) is 14.5. The molecule has 2 rings (SSSR count). The molecule has 0 bridgehead atoms. The van der Waals surface area contributed by atoms with Gasteiger partial charge in [0.1, 0.15) is 0 Å². The molecule has 1 heterocycles. The fourth-order valence-corrected chi connectivity index (χ4v) is 2.75. The topological polar surface area (TPSA) is 92.5 Å². The Morgan fingerprint density at radius 3 is 2.29 bits per heavy atom. The molecule has 0 atom stereocenters. The van der Waals surface area contributed by atoms with E-state index in [1.54, 1.807) is 0 Å². The lowest BCUT2D eigenvalue weighted by Crippen LogP contribution is -2.41. The van der Waals surface area contributed by atoms with Gasteiger partial charge in [-0.05, 0) is 38.1 Å². The fourth-order valence-electron chi connectivity index (χ4n) is 2.75. The molecule has 1 saturated carbocycles. The van der Waals surface area contributed by atoms with Crippen LogP contribution in [0.5, 0.6) is 0 Å². The van der Waals surface area contributed by atoms with Crippen LogP contribution in [0.1, 0.15) is 25.7 Å². The Labute approximate surface area is 130 Å². The lowest BCUT2D eigenvalue weighted by Gasteiger charge is -2.27. The average molecular weight is 316 g/mol. The van der Waals surface area contributed by atoms with Crippen molar-refractivity contribution < 1.29 is 14.4 Å². The lowest BCUT2D eigenvalue weighted by molar-refractivity contribution is -0.137. The number of rotatable bonds is 5. The van der Waals surface area contributed by atoms with E-state index in [2.05, 4.69) is 5.32 Å². The molecule has 1 fully saturated rings. The first-order valence-electron chi connectivity index (χ1n) is 7.13. The summed E-state index contributed by atoms with van der Waals surface area (Å²) in [6, 6.07) is 0. The van der Waals surface area contributed by atoms with E-state index < -0.39 is 0 Å². The van der Waals surface area contributed by atoms with Gasteiger partial charge in [-0.3, -0.25) is 19.3 Å². The molecule has 0 aromatic rings. The highest BCUT2D eigenvalue weighted by molar-refractivity contribution is 6.12. The van der Waals surface area contributed by atoms with Crippen LogP contribution < -0.4 is 11.1 Å². The third-order valence-corrected chi connectivity index (χ3v) is 4.09. The predicted molar refractivity (Wildman–Crippen MR) is 80.6 cm³/mol. The smallest absolute Gasteiger partial charge is 0.253 e. The van der Waals surface area contributed by atoms with Crippen LogP contribution in [0.4, 0.5) is 0 Å². The van der Waals surface area contributed by atoms with Gasteiger partial charge in [0.15, 0.2) is 0 Å². The van der Waals surface area contributed by atoms with E-state index in [-0.39, 0.29) is 42.6 Å². The summed E-state index contributed by atoms with van der Waals surface area (Å²) in [5.74, 6) is -0.0150. The van der Waals surface area contributed by atoms with Crippen LogP contribution in [0.2, 0.25) is 0 Å². The normalized spacial score (nSPS) is 24.9. The van der Waals surface area contributed by atoms with Crippen molar-refractivity contribution >= 4 is 30.1 Å². The fraction of sp³-hybridized carbons (Fsp3) is 0.643. The Hall–Kier alpha value is -1.40. The number of carbonyl (C=O) groups is 3. The average Bonchev–Trinajstić information content (AvgIpc) is 2.79. The van der Waals surface area contributed by atoms with Gasteiger partial charge < -0.3 is 11.1 Å². The van der Waals surface area contributed by atoms with Crippen LogP contribution in [0, 0.1) is 11.8 Å². The third-order valence-electron chi connectivity index (χ3n) is 4.09. The van der Waals surface area contributed by atoms with Gasteiger partial charge in [-0.1, -0.05) is 0 Å². The van der Waals surface area contributed by atoms with E-state index in [1.165, 1.54) is 12.2 Å². The van der Waals surface area contributed by atoms with E-state index in [1.807, 2.05) is 0 Å². The lowest BCUT2D eigenvalue weighted by atomic mass is 9.81. The highest BCUT2D eigenvalue weighted by Gasteiger charge is 2.26. The molecule has 7 heteroatoms. The number of halogens is 1. The highest BCUT2D eigenvalue weighted by Crippen LogP contribution is 2.28. The minimum Gasteiger partial charge on any atom is -0.354 e. The Morgan fingerprint density at radius 2 is 1.76 bits per heavy atom. The Kier molecular flexibility index (Phi) is 6.84. The summed E-state index contributed by atoms with van der Waals surface area (Å²) in [6.45, 7) is 1.24. The molecule has 0 radical (unpaired) electrons. The van der Waals surface area contributed by atoms with Gasteiger partial charge in [0, 0.05) is 31.2 Å². The standard InChI is InChI=1S/C14H21N3O3.ClH/c15-9-10-1-3-11(4-2-10)14(20)16-7-8-17-12(18)5-6-13(17)19;/h5-6,10-11H,1-4,7-9,15H2,(H,16,20);1H. The second-order valence-corrected chi connectivity index (χ2v) is 5.41. The zero-order valence-corrected chi connectivity index (χ0v) is 12.7. The SMILES string of the molecule is Cl.NCC1CCC(C(=O)NCCN2C(=O)C=CC2=O)CC1. The summed E-state index contributed by atoms with van der Waals surface area (Å²) in [7, 11) is 0. The summed E-state index contributed by atoms with van der Waals surface area (Å²) in [6.07, 6.45) is 6.24. The highest BCUT2D eigenvalue weighted by atomic mass is 35.5. The number of hydrogen-bond donors (Lipinski definition) is 2. The van der Waals surface area contributed by atoms with Crippen molar-refractivity contribution in [3.8, 4) is 0 Å². The number of hydrogen-bond acceptors (Lipinski definition) is 4. The van der Waals surface area contributed by atoms with Crippen LogP contribution in [0.25, 0.3) is 0 Å². The van der Waals surface area contributed by atoms with Crippen LogP contribution in [-0.4, -0.2) is 42.3 Å². The van der Waals surface area contributed by atoms with Crippen molar-refractivity contribution in [2.24, 2.45) is 17.6 Å². The number of nitrogens with zero attached hydrogens (tertiary/aromatic N) is 1. The molecule has 0 saturated heterocycles. The first-order valence-corrected chi connectivity index (χ1v) is 7.13. The van der Waals surface area contributed by atoms with Gasteiger partial charge in [-0.15, -0.1) is 12.4 Å². The van der Waals surface area contributed by atoms with E-state index in [0.29, 0.717) is 19.0 Å². The molecule has 1 aliphatic carbocycles. The van der Waals surface area contributed by atoms with Crippen LogP contribution in [0.15, 0.2) is 12.2 Å². The first-order chi connectivity index (χ1) is 9.61. The van der Waals surface area contributed by atoms with E-state index in [4.69, 9.17) is 5.73 Å². The molecule has 0 aromatic heterocycles. The third kappa shape index (κ3) is 4.54. The molecule has 0 aromatic carbocycles. The number of carbonyl (C=O) groups excluding carboxylic acids is 3. The van der Waals surface area contributed by atoms with Gasteiger partial charge >= 0.3 is 0 Å². The number of imide groups is 1. The number of amides is 3. The minimum absolute atomic E-state index is 0. The van der Waals surface area contributed by atoms with Crippen molar-refractivity contribution in [2.75, 3.05) is 19.6 Å². The van der Waals surface area contributed by atoms with Crippen LogP contribution >= 0.6 is 12.4 Å². The second-order valence-electron chi connectivity index (χ2n) is 5.41. The molecule has 0 unspecified atom stereocenters. The molecule has 0 spiro atoms. The number of nitrogens with two attached hydrogens (primary N) is 1. The second kappa shape index (κ2) is 8.14. The molecular formula is C14H22ClN3O3. The van der Waals surface area contributed by atoms with Gasteiger partial charge in [0.05, 0.1) is 0 Å². The molecule has 118 valence electrons. The van der Waals surface area contributed by atoms with Crippen molar-refractivity contribution in [1.82, 2.24) is 10.2 Å². The Bertz CT molecular complexity index is 413. The van der Waals surface area contributed by atoms with Gasteiger partial charge in [-0.2, -0.15) is 0 Å². The maximum absolute atomic E-state index is 12.0. The minimum atomic E-state index is -0.312. The largest absolute Gasteiger partial charge is 0.354 e. The summed E-state index contributed by atoms with van der Waals surface area (Å²) in [5, 5.41) is 2.81. The quantitative estimate of drug-likeness (QED) is 0.710. The summed E-state index contributed by atoms with van der Waals surface area (Å²) in [5.41, 5.74) is 5.63. The van der Waals surface area contributed by atoms with Gasteiger partial charge in [-0.25, -0.2) is 0 Å². The van der Waals surface area contributed by atoms with Crippen LogP contribution in [0.3, 0.4) is 0 Å². The molecular weight excluding hydrogens is 294 g/mol. The number of nitrogens with one attached hydrogen (secondary N) is 1. The van der Waals surface area contributed by atoms with Crippen molar-refractivity contribution in [1.29, 1.82) is 0 Å². The van der Waals surface area contributed by atoms with Crippen molar-refractivity contribution in [2.45, 2.75) is 25.7 Å². The molecule has 1 aliphatic heterocycles. The Morgan fingerprint density at radius 1 is 1.19 bits per heavy atom. The van der Waals surface area contributed by atoms with Gasteiger partial charge in [0.25, 0.3) is 11.8 Å². The summed E-state index contributed by atoms with van der Waals surface area (Å²) < 4.78 is 0. The molecule has 3 N–H and O–H groups in total. The summed E-state index contributed by atoms with van der Waals surface area (Å²) in [4.78, 5) is 35.8. The molecule has 21 heavy (non-hydrogen) atoms. The van der Waals surface area contributed by atoms with E-state index in [9.17, 15) is 14.4 Å². The Balaban J connectivity index is 0.00000220. The monoisotopic (exact) mass is 315 g/mol. The van der Waals surface area contributed by atoms with E-state index in [0.717, 1.165) is 30.6 Å². The maximum atomic E-state index is 12.0. The zero-order valence-electron chi connectivity index (χ0n) is 11.9. The van der Waals surface area contributed by atoms with Crippen molar-refractivity contribution in [3.05, 3.63) is 12.2 Å². The molecule has 2 aliphatic rings. The van der Waals surface area contributed by atoms with Crippen LogP contribution in [-0.2, 0) is 14.4 Å². The van der Waals surface area contributed by atoms with Crippen molar-refractivity contribution in [3.63, 3.8) is 0 Å². The van der Waals surface area contributed by atoms with Gasteiger partial charge in [0.2, 0.25) is 5.91 Å².